The Labute approximate surface area is 224 Å². The van der Waals surface area contributed by atoms with Crippen molar-refractivity contribution in [3.05, 3.63) is 0 Å². The van der Waals surface area contributed by atoms with Crippen LogP contribution in [-0.2, 0) is 9.59 Å². The van der Waals surface area contributed by atoms with Gasteiger partial charge in [-0.2, -0.15) is 26.3 Å². The summed E-state index contributed by atoms with van der Waals surface area (Å²) in [6.07, 6.45) is 8.98. The molecule has 0 aliphatic rings. The number of alkyl halides is 6. The van der Waals surface area contributed by atoms with E-state index in [9.17, 15) is 35.9 Å². The molecule has 0 aromatic rings. The number of hydrogen-bond acceptors (Lipinski definition) is 3. The van der Waals surface area contributed by atoms with E-state index >= 15 is 0 Å². The van der Waals surface area contributed by atoms with Gasteiger partial charge in [0.2, 0.25) is 0 Å². The van der Waals surface area contributed by atoms with Gasteiger partial charge in [-0.1, -0.05) is 96.8 Å². The highest BCUT2D eigenvalue weighted by atomic mass is 19.4. The van der Waals surface area contributed by atoms with Crippen molar-refractivity contribution in [3.63, 3.8) is 0 Å². The average molecular weight is 562 g/mol. The molecule has 0 saturated carbocycles. The number of rotatable bonds is 24. The van der Waals surface area contributed by atoms with E-state index in [1.165, 1.54) is 70.6 Å². The lowest BCUT2D eigenvalue weighted by Gasteiger charge is -2.22. The maximum Gasteiger partial charge on any atom is 0.471 e. The highest BCUT2D eigenvalue weighted by Crippen LogP contribution is 2.15. The Morgan fingerprint density at radius 1 is 0.500 bits per heavy atom. The molecule has 0 aliphatic carbocycles. The Bertz CT molecular complexity index is 600. The van der Waals surface area contributed by atoms with Crippen molar-refractivity contribution >= 4 is 11.8 Å². The fraction of sp³-hybridized carbons (Fsp3) is 0.926. The van der Waals surface area contributed by atoms with Crippen molar-refractivity contribution in [1.29, 1.82) is 0 Å². The van der Waals surface area contributed by atoms with Crippen LogP contribution in [0.15, 0.2) is 0 Å². The molecule has 38 heavy (non-hydrogen) atoms. The van der Waals surface area contributed by atoms with E-state index in [1.54, 1.807) is 0 Å². The molecule has 0 bridgehead atoms. The average Bonchev–Trinajstić information content (AvgIpc) is 2.84. The first-order valence-corrected chi connectivity index (χ1v) is 14.4. The molecule has 0 heterocycles. The summed E-state index contributed by atoms with van der Waals surface area (Å²) >= 11 is 0. The van der Waals surface area contributed by atoms with Crippen LogP contribution in [0.3, 0.4) is 0 Å². The number of unbranched alkanes of at least 4 members (excludes halogenated alkanes) is 15. The molecule has 0 saturated heterocycles. The van der Waals surface area contributed by atoms with Crippen molar-refractivity contribution in [1.82, 2.24) is 15.5 Å². The fourth-order valence-electron chi connectivity index (χ4n) is 4.23. The van der Waals surface area contributed by atoms with Crippen LogP contribution in [0.2, 0.25) is 0 Å². The van der Waals surface area contributed by atoms with Crippen molar-refractivity contribution < 1.29 is 35.9 Å². The molecule has 0 radical (unpaired) electrons. The monoisotopic (exact) mass is 561 g/mol. The molecule has 2 amide bonds. The first kappa shape index (κ1) is 36.5. The minimum atomic E-state index is -4.92. The van der Waals surface area contributed by atoms with Crippen LogP contribution < -0.4 is 10.6 Å². The minimum absolute atomic E-state index is 0.0844. The van der Waals surface area contributed by atoms with Gasteiger partial charge in [0.15, 0.2) is 0 Å². The van der Waals surface area contributed by atoms with Crippen LogP contribution >= 0.6 is 0 Å². The van der Waals surface area contributed by atoms with Crippen LogP contribution in [-0.4, -0.2) is 61.8 Å². The van der Waals surface area contributed by atoms with Crippen molar-refractivity contribution in [3.8, 4) is 0 Å². The lowest BCUT2D eigenvalue weighted by Crippen LogP contribution is -2.41. The molecule has 0 aromatic heterocycles. The van der Waals surface area contributed by atoms with Gasteiger partial charge >= 0.3 is 24.2 Å². The molecule has 0 unspecified atom stereocenters. The SMILES string of the molecule is CCCCCCCCCCCCCCCCN(CCCCCNC(=O)C(F)(F)F)CCNC(=O)C(F)(F)F. The zero-order chi connectivity index (χ0) is 28.7. The summed E-state index contributed by atoms with van der Waals surface area (Å²) in [6.45, 7) is 3.53. The van der Waals surface area contributed by atoms with Crippen LogP contribution in [0, 0.1) is 0 Å². The van der Waals surface area contributed by atoms with Crippen LogP contribution in [0.25, 0.3) is 0 Å². The van der Waals surface area contributed by atoms with E-state index < -0.39 is 24.2 Å². The summed E-state index contributed by atoms with van der Waals surface area (Å²) < 4.78 is 73.7. The Hall–Kier alpha value is -1.52. The van der Waals surface area contributed by atoms with Crippen LogP contribution in [0.5, 0.6) is 0 Å². The van der Waals surface area contributed by atoms with E-state index in [-0.39, 0.29) is 19.6 Å². The molecule has 0 aliphatic heterocycles. The third-order valence-electron chi connectivity index (χ3n) is 6.49. The third kappa shape index (κ3) is 22.5. The van der Waals surface area contributed by atoms with Gasteiger partial charge in [0.1, 0.15) is 0 Å². The number of carbonyl (C=O) groups is 2. The van der Waals surface area contributed by atoms with Crippen molar-refractivity contribution in [2.45, 2.75) is 128 Å². The Morgan fingerprint density at radius 3 is 1.24 bits per heavy atom. The van der Waals surface area contributed by atoms with Crippen LogP contribution in [0.1, 0.15) is 116 Å². The number of nitrogens with one attached hydrogen (secondary N) is 2. The van der Waals surface area contributed by atoms with Gasteiger partial charge in [-0.05, 0) is 32.4 Å². The molecular formula is C27H49F6N3O2. The highest BCUT2D eigenvalue weighted by molar-refractivity contribution is 5.81. The predicted molar refractivity (Wildman–Crippen MR) is 139 cm³/mol. The topological polar surface area (TPSA) is 61.4 Å². The first-order chi connectivity index (χ1) is 18.0. The molecule has 2 N–H and O–H groups in total. The summed E-state index contributed by atoms with van der Waals surface area (Å²) in [7, 11) is 0. The van der Waals surface area contributed by atoms with Gasteiger partial charge in [-0.3, -0.25) is 9.59 Å². The zero-order valence-corrected chi connectivity index (χ0v) is 23.1. The van der Waals surface area contributed by atoms with Crippen molar-refractivity contribution in [2.24, 2.45) is 0 Å². The summed E-state index contributed by atoms with van der Waals surface area (Å²) in [4.78, 5) is 23.8. The quantitative estimate of drug-likeness (QED) is 0.0961. The standard InChI is InChI=1S/C27H49F6N3O2/c1-2-3-4-5-6-7-8-9-10-11-12-13-14-17-21-36(23-20-35-25(38)27(31,32)33)22-18-15-16-19-34-24(37)26(28,29)30/h2-23H2,1H3,(H,34,37)(H,35,38). The minimum Gasteiger partial charge on any atom is -0.348 e. The zero-order valence-electron chi connectivity index (χ0n) is 23.1. The van der Waals surface area contributed by atoms with E-state index in [0.29, 0.717) is 32.4 Å². The molecule has 0 spiro atoms. The van der Waals surface area contributed by atoms with E-state index in [0.717, 1.165) is 19.3 Å². The Balaban J connectivity index is 4.04. The number of amides is 2. The van der Waals surface area contributed by atoms with Crippen LogP contribution in [0.4, 0.5) is 26.3 Å². The smallest absolute Gasteiger partial charge is 0.348 e. The number of hydrogen-bond donors (Lipinski definition) is 2. The fourth-order valence-corrected chi connectivity index (χ4v) is 4.23. The molecule has 0 rings (SSSR count). The lowest BCUT2D eigenvalue weighted by molar-refractivity contribution is -0.173. The first-order valence-electron chi connectivity index (χ1n) is 14.4. The summed E-state index contributed by atoms with van der Waals surface area (Å²) in [5.41, 5.74) is 0. The summed E-state index contributed by atoms with van der Waals surface area (Å²) in [5, 5.41) is 3.70. The Kier molecular flexibility index (Phi) is 21.4. The van der Waals surface area contributed by atoms with Gasteiger partial charge in [-0.15, -0.1) is 0 Å². The van der Waals surface area contributed by atoms with Gasteiger partial charge in [0.05, 0.1) is 0 Å². The van der Waals surface area contributed by atoms with E-state index in [1.807, 2.05) is 15.5 Å². The molecule has 0 atom stereocenters. The molecule has 0 fully saturated rings. The van der Waals surface area contributed by atoms with Gasteiger partial charge in [0, 0.05) is 19.6 Å². The maximum absolute atomic E-state index is 12.4. The second-order valence-electron chi connectivity index (χ2n) is 10.0. The molecule has 11 heteroatoms. The predicted octanol–water partition coefficient (Wildman–Crippen LogP) is 7.30. The maximum atomic E-state index is 12.4. The molecule has 0 aromatic carbocycles. The second kappa shape index (κ2) is 22.3. The summed E-state index contributed by atoms with van der Waals surface area (Å²) in [5.74, 6) is -3.92. The molecular weight excluding hydrogens is 512 g/mol. The van der Waals surface area contributed by atoms with Gasteiger partial charge < -0.3 is 15.5 Å². The molecule has 5 nitrogen and oxygen atoms in total. The van der Waals surface area contributed by atoms with Crippen molar-refractivity contribution in [2.75, 3.05) is 32.7 Å². The lowest BCUT2D eigenvalue weighted by atomic mass is 10.0. The highest BCUT2D eigenvalue weighted by Gasteiger charge is 2.38. The Morgan fingerprint density at radius 2 is 0.842 bits per heavy atom. The van der Waals surface area contributed by atoms with Gasteiger partial charge in [0.25, 0.3) is 0 Å². The number of carbonyl (C=O) groups excluding carboxylic acids is 2. The largest absolute Gasteiger partial charge is 0.471 e. The third-order valence-corrected chi connectivity index (χ3v) is 6.49. The molecule has 226 valence electrons. The number of nitrogens with zero attached hydrogens (tertiary/aromatic N) is 1. The number of halogens is 6. The second-order valence-corrected chi connectivity index (χ2v) is 10.0. The van der Waals surface area contributed by atoms with E-state index in [2.05, 4.69) is 6.92 Å². The van der Waals surface area contributed by atoms with Gasteiger partial charge in [-0.25, -0.2) is 0 Å². The normalized spacial score (nSPS) is 12.2. The van der Waals surface area contributed by atoms with E-state index in [4.69, 9.17) is 0 Å². The summed E-state index contributed by atoms with van der Waals surface area (Å²) in [6, 6.07) is 0.